The molecule has 138 valence electrons. The lowest BCUT2D eigenvalue weighted by Crippen LogP contribution is -1.87. The quantitative estimate of drug-likeness (QED) is 0.441. The lowest BCUT2D eigenvalue weighted by atomic mass is 10.2. The van der Waals surface area contributed by atoms with Gasteiger partial charge in [0.1, 0.15) is 5.75 Å². The molecule has 2 heterocycles. The second-order valence-electron chi connectivity index (χ2n) is 5.47. The van der Waals surface area contributed by atoms with Gasteiger partial charge in [0, 0.05) is 12.2 Å². The highest BCUT2D eigenvalue weighted by atomic mass is 32.2. The number of aromatic nitrogens is 4. The number of nitrogens with zero attached hydrogens (tertiary/aromatic N) is 4. The van der Waals surface area contributed by atoms with E-state index in [1.807, 2.05) is 12.1 Å². The van der Waals surface area contributed by atoms with E-state index in [-0.39, 0.29) is 0 Å². The molecule has 0 unspecified atom stereocenters. The fraction of sp³-hybridized carbons (Fsp3) is 0.412. The number of hydrogen-bond acceptors (Lipinski definition) is 9. The molecule has 0 N–H and O–H groups in total. The third-order valence-corrected chi connectivity index (χ3v) is 6.75. The maximum absolute atomic E-state index is 5.24. The minimum atomic E-state index is 0.646. The molecule has 0 radical (unpaired) electrons. The average Bonchev–Trinajstić information content (AvgIpc) is 3.32. The third kappa shape index (κ3) is 5.72. The Labute approximate surface area is 165 Å². The predicted octanol–water partition coefficient (Wildman–Crippen LogP) is 4.86. The fourth-order valence-electron chi connectivity index (χ4n) is 2.09. The summed E-state index contributed by atoms with van der Waals surface area (Å²) < 4.78 is 12.3. The molecule has 26 heavy (non-hydrogen) atoms. The van der Waals surface area contributed by atoms with Crippen LogP contribution in [0.2, 0.25) is 0 Å². The summed E-state index contributed by atoms with van der Waals surface area (Å²) in [7, 11) is 1.67. The largest absolute Gasteiger partial charge is 0.497 e. The summed E-state index contributed by atoms with van der Waals surface area (Å²) in [6, 6.07) is 8.07. The zero-order valence-electron chi connectivity index (χ0n) is 14.7. The number of hydrogen-bond donors (Lipinski definition) is 0. The maximum atomic E-state index is 5.24. The van der Waals surface area contributed by atoms with Gasteiger partial charge in [0.25, 0.3) is 0 Å². The molecule has 2 aromatic heterocycles. The van der Waals surface area contributed by atoms with E-state index in [1.54, 1.807) is 42.0 Å². The van der Waals surface area contributed by atoms with Crippen molar-refractivity contribution in [1.82, 2.24) is 20.3 Å². The van der Waals surface area contributed by atoms with Crippen LogP contribution >= 0.6 is 34.9 Å². The molecule has 0 atom stereocenters. The Hall–Kier alpha value is -1.58. The number of methoxy groups -OCH3 is 1. The van der Waals surface area contributed by atoms with Crippen LogP contribution < -0.4 is 4.74 Å². The molecule has 0 spiro atoms. The Morgan fingerprint density at radius 2 is 1.81 bits per heavy atom. The average molecular weight is 409 g/mol. The molecule has 0 aliphatic carbocycles. The molecule has 0 aliphatic rings. The van der Waals surface area contributed by atoms with Crippen molar-refractivity contribution >= 4 is 34.9 Å². The van der Waals surface area contributed by atoms with E-state index in [1.165, 1.54) is 5.56 Å². The molecule has 0 fully saturated rings. The maximum Gasteiger partial charge on any atom is 0.226 e. The van der Waals surface area contributed by atoms with Crippen molar-refractivity contribution in [3.05, 3.63) is 41.5 Å². The first kappa shape index (κ1) is 19.2. The van der Waals surface area contributed by atoms with Crippen LogP contribution in [0.5, 0.6) is 5.75 Å². The lowest BCUT2D eigenvalue weighted by molar-refractivity contribution is 0.371. The van der Waals surface area contributed by atoms with Gasteiger partial charge in [0.15, 0.2) is 14.5 Å². The zero-order chi connectivity index (χ0) is 18.2. The highest BCUT2D eigenvalue weighted by Crippen LogP contribution is 2.32. The molecule has 0 bridgehead atoms. The van der Waals surface area contributed by atoms with Gasteiger partial charge in [-0.1, -0.05) is 65.5 Å². The molecule has 6 nitrogen and oxygen atoms in total. The third-order valence-electron chi connectivity index (χ3n) is 3.49. The number of benzene rings is 1. The van der Waals surface area contributed by atoms with E-state index in [4.69, 9.17) is 9.26 Å². The van der Waals surface area contributed by atoms with E-state index in [0.717, 1.165) is 45.3 Å². The van der Waals surface area contributed by atoms with Gasteiger partial charge in [0.05, 0.1) is 12.9 Å². The topological polar surface area (TPSA) is 73.9 Å². The predicted molar refractivity (Wildman–Crippen MR) is 105 cm³/mol. The van der Waals surface area contributed by atoms with Gasteiger partial charge in [0.2, 0.25) is 5.89 Å². The van der Waals surface area contributed by atoms with Crippen molar-refractivity contribution in [2.45, 2.75) is 46.4 Å². The smallest absolute Gasteiger partial charge is 0.226 e. The SMILES string of the molecule is CCCCc1nc(CSc2nnc(SCc3ccc(OC)cc3)s2)no1. The molecule has 0 saturated heterocycles. The Morgan fingerprint density at radius 1 is 1.08 bits per heavy atom. The molecule has 3 aromatic rings. The molecular weight excluding hydrogens is 388 g/mol. The number of unbranched alkanes of at least 4 members (excludes halogenated alkanes) is 1. The van der Waals surface area contributed by atoms with Crippen LogP contribution in [0.3, 0.4) is 0 Å². The van der Waals surface area contributed by atoms with Gasteiger partial charge in [-0.3, -0.25) is 0 Å². The lowest BCUT2D eigenvalue weighted by Gasteiger charge is -2.01. The van der Waals surface area contributed by atoms with Crippen molar-refractivity contribution in [2.24, 2.45) is 0 Å². The first-order valence-corrected chi connectivity index (χ1v) is 11.1. The molecule has 0 saturated carbocycles. The van der Waals surface area contributed by atoms with Crippen LogP contribution in [0.4, 0.5) is 0 Å². The van der Waals surface area contributed by atoms with Gasteiger partial charge < -0.3 is 9.26 Å². The summed E-state index contributed by atoms with van der Waals surface area (Å²) in [6.45, 7) is 2.15. The first-order valence-electron chi connectivity index (χ1n) is 8.30. The second-order valence-corrected chi connectivity index (χ2v) is 8.89. The minimum Gasteiger partial charge on any atom is -0.497 e. The minimum absolute atomic E-state index is 0.646. The summed E-state index contributed by atoms with van der Waals surface area (Å²) in [5.41, 5.74) is 1.23. The van der Waals surface area contributed by atoms with Gasteiger partial charge >= 0.3 is 0 Å². The van der Waals surface area contributed by atoms with Crippen LogP contribution in [0, 0.1) is 0 Å². The number of thioether (sulfide) groups is 2. The molecule has 1 aromatic carbocycles. The number of ether oxygens (including phenoxy) is 1. The summed E-state index contributed by atoms with van der Waals surface area (Å²) in [6.07, 6.45) is 3.04. The standard InChI is InChI=1S/C17H20N4O2S3/c1-3-4-5-15-18-14(21-23-15)11-25-17-20-19-16(26-17)24-10-12-6-8-13(22-2)9-7-12/h6-9H,3-5,10-11H2,1-2H3. The molecule has 3 rings (SSSR count). The monoisotopic (exact) mass is 408 g/mol. The number of aryl methyl sites for hydroxylation is 1. The summed E-state index contributed by atoms with van der Waals surface area (Å²) in [5.74, 6) is 3.80. The summed E-state index contributed by atoms with van der Waals surface area (Å²) in [4.78, 5) is 4.40. The molecule has 9 heteroatoms. The molecule has 0 amide bonds. The first-order chi connectivity index (χ1) is 12.8. The Kier molecular flexibility index (Phi) is 7.33. The van der Waals surface area contributed by atoms with Gasteiger partial charge in [-0.05, 0) is 24.1 Å². The van der Waals surface area contributed by atoms with E-state index in [9.17, 15) is 0 Å². The number of rotatable bonds is 10. The second kappa shape index (κ2) is 9.94. The van der Waals surface area contributed by atoms with Gasteiger partial charge in [-0.15, -0.1) is 10.2 Å². The molecular formula is C17H20N4O2S3. The van der Waals surface area contributed by atoms with Gasteiger partial charge in [-0.25, -0.2) is 0 Å². The van der Waals surface area contributed by atoms with Crippen LogP contribution in [-0.4, -0.2) is 27.4 Å². The van der Waals surface area contributed by atoms with Crippen LogP contribution in [0.15, 0.2) is 37.5 Å². The van der Waals surface area contributed by atoms with E-state index >= 15 is 0 Å². The van der Waals surface area contributed by atoms with Crippen LogP contribution in [0.1, 0.15) is 37.0 Å². The Balaban J connectivity index is 1.46. The molecule has 0 aliphatic heterocycles. The van der Waals surface area contributed by atoms with E-state index in [2.05, 4.69) is 39.4 Å². The normalized spacial score (nSPS) is 11.0. The Bertz CT molecular complexity index is 804. The van der Waals surface area contributed by atoms with Crippen molar-refractivity contribution in [3.63, 3.8) is 0 Å². The Morgan fingerprint density at radius 3 is 2.50 bits per heavy atom. The van der Waals surface area contributed by atoms with Crippen molar-refractivity contribution < 1.29 is 9.26 Å². The van der Waals surface area contributed by atoms with Crippen molar-refractivity contribution in [3.8, 4) is 5.75 Å². The fourth-order valence-corrected chi connectivity index (χ4v) is 4.90. The van der Waals surface area contributed by atoms with Crippen molar-refractivity contribution in [1.29, 1.82) is 0 Å². The highest BCUT2D eigenvalue weighted by Gasteiger charge is 2.10. The van der Waals surface area contributed by atoms with E-state index in [0.29, 0.717) is 11.6 Å². The summed E-state index contributed by atoms with van der Waals surface area (Å²) >= 11 is 4.86. The van der Waals surface area contributed by atoms with Crippen LogP contribution in [0.25, 0.3) is 0 Å². The zero-order valence-corrected chi connectivity index (χ0v) is 17.1. The van der Waals surface area contributed by atoms with Crippen molar-refractivity contribution in [2.75, 3.05) is 7.11 Å². The van der Waals surface area contributed by atoms with E-state index < -0.39 is 0 Å². The van der Waals surface area contributed by atoms with Gasteiger partial charge in [-0.2, -0.15) is 4.98 Å². The summed E-state index contributed by atoms with van der Waals surface area (Å²) in [5, 5.41) is 12.5. The highest BCUT2D eigenvalue weighted by molar-refractivity contribution is 8.02. The van der Waals surface area contributed by atoms with Crippen LogP contribution in [-0.2, 0) is 17.9 Å².